The molecule has 0 aromatic heterocycles. The third-order valence-electron chi connectivity index (χ3n) is 4.14. The van der Waals surface area contributed by atoms with Crippen molar-refractivity contribution in [3.05, 3.63) is 70.2 Å². The molecule has 1 aliphatic rings. The van der Waals surface area contributed by atoms with Crippen LogP contribution in [0.2, 0.25) is 5.02 Å². The van der Waals surface area contributed by atoms with Crippen LogP contribution in [0.15, 0.2) is 48.5 Å². The van der Waals surface area contributed by atoms with Gasteiger partial charge < -0.3 is 5.32 Å². The second kappa shape index (κ2) is 5.99. The molecular formula is C18H20ClN. The molecule has 1 aliphatic carbocycles. The van der Waals surface area contributed by atoms with Gasteiger partial charge in [0.1, 0.15) is 0 Å². The summed E-state index contributed by atoms with van der Waals surface area (Å²) in [6.45, 7) is 3.11. The summed E-state index contributed by atoms with van der Waals surface area (Å²) in [7, 11) is 0. The van der Waals surface area contributed by atoms with Crippen molar-refractivity contribution < 1.29 is 0 Å². The predicted molar refractivity (Wildman–Crippen MR) is 85.2 cm³/mol. The van der Waals surface area contributed by atoms with Crippen molar-refractivity contribution in [3.63, 3.8) is 0 Å². The van der Waals surface area contributed by atoms with Crippen molar-refractivity contribution in [3.8, 4) is 0 Å². The van der Waals surface area contributed by atoms with Crippen LogP contribution in [0, 0.1) is 6.92 Å². The molecule has 3 rings (SSSR count). The fourth-order valence-electron chi connectivity index (χ4n) is 2.90. The van der Waals surface area contributed by atoms with E-state index in [4.69, 9.17) is 11.6 Å². The molecule has 0 aliphatic heterocycles. The van der Waals surface area contributed by atoms with Crippen molar-refractivity contribution in [1.29, 1.82) is 0 Å². The van der Waals surface area contributed by atoms with E-state index in [1.165, 1.54) is 29.5 Å². The summed E-state index contributed by atoms with van der Waals surface area (Å²) >= 11 is 6.05. The molecule has 2 aromatic carbocycles. The highest BCUT2D eigenvalue weighted by Crippen LogP contribution is 2.37. The molecule has 1 saturated carbocycles. The van der Waals surface area contributed by atoms with Gasteiger partial charge >= 0.3 is 0 Å². The third-order valence-corrected chi connectivity index (χ3v) is 4.37. The smallest absolute Gasteiger partial charge is 0.0408 e. The molecule has 1 fully saturated rings. The average Bonchev–Trinajstić information content (AvgIpc) is 2.37. The van der Waals surface area contributed by atoms with Gasteiger partial charge in [-0.2, -0.15) is 0 Å². The van der Waals surface area contributed by atoms with Crippen molar-refractivity contribution in [2.75, 3.05) is 0 Å². The predicted octanol–water partition coefficient (Wildman–Crippen LogP) is 4.68. The summed E-state index contributed by atoms with van der Waals surface area (Å²) in [5, 5.41) is 4.49. The Balaban J connectivity index is 1.49. The van der Waals surface area contributed by atoms with Crippen LogP contribution in [-0.2, 0) is 6.54 Å². The van der Waals surface area contributed by atoms with Crippen LogP contribution in [0.5, 0.6) is 0 Å². The Bertz CT molecular complexity index is 585. The number of halogens is 1. The highest BCUT2D eigenvalue weighted by atomic mass is 35.5. The molecular weight excluding hydrogens is 266 g/mol. The molecule has 2 aromatic rings. The maximum atomic E-state index is 6.05. The second-order valence-electron chi connectivity index (χ2n) is 5.79. The van der Waals surface area contributed by atoms with E-state index in [0.29, 0.717) is 12.0 Å². The topological polar surface area (TPSA) is 12.0 Å². The van der Waals surface area contributed by atoms with Gasteiger partial charge in [-0.25, -0.2) is 0 Å². The molecule has 0 amide bonds. The molecule has 0 saturated heterocycles. The highest BCUT2D eigenvalue weighted by Gasteiger charge is 2.29. The van der Waals surface area contributed by atoms with Crippen LogP contribution in [0.3, 0.4) is 0 Å². The molecule has 0 radical (unpaired) electrons. The minimum absolute atomic E-state index is 0.638. The molecule has 0 bridgehead atoms. The number of benzene rings is 2. The summed E-state index contributed by atoms with van der Waals surface area (Å²) in [5.74, 6) is 0.670. The van der Waals surface area contributed by atoms with E-state index < -0.39 is 0 Å². The Morgan fingerprint density at radius 3 is 2.65 bits per heavy atom. The first-order chi connectivity index (χ1) is 9.70. The van der Waals surface area contributed by atoms with Crippen LogP contribution in [0.25, 0.3) is 0 Å². The largest absolute Gasteiger partial charge is 0.310 e. The van der Waals surface area contributed by atoms with Crippen molar-refractivity contribution in [1.82, 2.24) is 5.32 Å². The minimum atomic E-state index is 0.638. The van der Waals surface area contributed by atoms with E-state index in [9.17, 15) is 0 Å². The summed E-state index contributed by atoms with van der Waals surface area (Å²) in [6, 6.07) is 17.6. The van der Waals surface area contributed by atoms with Gasteiger partial charge in [0.2, 0.25) is 0 Å². The van der Waals surface area contributed by atoms with E-state index >= 15 is 0 Å². The van der Waals surface area contributed by atoms with E-state index in [1.54, 1.807) is 0 Å². The summed E-state index contributed by atoms with van der Waals surface area (Å²) in [4.78, 5) is 0. The van der Waals surface area contributed by atoms with Gasteiger partial charge in [0.05, 0.1) is 0 Å². The quantitative estimate of drug-likeness (QED) is 0.860. The Morgan fingerprint density at radius 2 is 1.90 bits per heavy atom. The number of nitrogens with one attached hydrogen (secondary N) is 1. The van der Waals surface area contributed by atoms with Crippen LogP contribution in [0.1, 0.15) is 35.4 Å². The van der Waals surface area contributed by atoms with Gasteiger partial charge in [0.25, 0.3) is 0 Å². The summed E-state index contributed by atoms with van der Waals surface area (Å²) in [5.41, 5.74) is 4.08. The lowest BCUT2D eigenvalue weighted by molar-refractivity contribution is 0.289. The highest BCUT2D eigenvalue weighted by molar-refractivity contribution is 6.30. The number of aryl methyl sites for hydroxylation is 1. The Kier molecular flexibility index (Phi) is 4.09. The third kappa shape index (κ3) is 3.23. The van der Waals surface area contributed by atoms with Crippen molar-refractivity contribution in [2.45, 2.75) is 38.3 Å². The van der Waals surface area contributed by atoms with E-state index in [2.05, 4.69) is 48.6 Å². The van der Waals surface area contributed by atoms with E-state index in [1.807, 2.05) is 12.1 Å². The molecule has 1 nitrogen and oxygen atoms in total. The lowest BCUT2D eigenvalue weighted by Gasteiger charge is -2.36. The fourth-order valence-corrected chi connectivity index (χ4v) is 3.10. The fraction of sp³-hybridized carbons (Fsp3) is 0.333. The summed E-state index contributed by atoms with van der Waals surface area (Å²) < 4.78 is 0. The molecule has 2 heteroatoms. The SMILES string of the molecule is Cc1cccc(CNC2CC(c3cccc(Cl)c3)C2)c1. The standard InChI is InChI=1S/C18H20ClN/c1-13-4-2-5-14(8-13)12-20-18-10-16(11-18)15-6-3-7-17(19)9-15/h2-9,16,18,20H,10-12H2,1H3. The van der Waals surface area contributed by atoms with Gasteiger partial charge in [-0.3, -0.25) is 0 Å². The average molecular weight is 286 g/mol. The first-order valence-electron chi connectivity index (χ1n) is 7.25. The molecule has 0 atom stereocenters. The molecule has 1 N–H and O–H groups in total. The Hall–Kier alpha value is -1.31. The first-order valence-corrected chi connectivity index (χ1v) is 7.63. The van der Waals surface area contributed by atoms with Gasteiger partial charge in [-0.1, -0.05) is 53.6 Å². The Morgan fingerprint density at radius 1 is 1.10 bits per heavy atom. The lowest BCUT2D eigenvalue weighted by atomic mass is 9.76. The van der Waals surface area contributed by atoms with Crippen LogP contribution >= 0.6 is 11.6 Å². The van der Waals surface area contributed by atoms with Gasteiger partial charge in [0, 0.05) is 17.6 Å². The van der Waals surface area contributed by atoms with Crippen molar-refractivity contribution >= 4 is 11.6 Å². The minimum Gasteiger partial charge on any atom is -0.310 e. The summed E-state index contributed by atoms with van der Waals surface area (Å²) in [6.07, 6.45) is 2.43. The number of rotatable bonds is 4. The Labute approximate surface area is 126 Å². The second-order valence-corrected chi connectivity index (χ2v) is 6.23. The van der Waals surface area contributed by atoms with Crippen molar-refractivity contribution in [2.24, 2.45) is 0 Å². The maximum absolute atomic E-state index is 6.05. The number of hydrogen-bond donors (Lipinski definition) is 1. The van der Waals surface area contributed by atoms with Gasteiger partial charge in [0.15, 0.2) is 0 Å². The monoisotopic (exact) mass is 285 g/mol. The molecule has 104 valence electrons. The van der Waals surface area contributed by atoms with Crippen LogP contribution in [0.4, 0.5) is 0 Å². The van der Waals surface area contributed by atoms with Crippen LogP contribution < -0.4 is 5.32 Å². The normalized spacial score (nSPS) is 21.5. The van der Waals surface area contributed by atoms with E-state index in [-0.39, 0.29) is 0 Å². The zero-order chi connectivity index (χ0) is 13.9. The maximum Gasteiger partial charge on any atom is 0.0408 e. The molecule has 0 spiro atoms. The lowest BCUT2D eigenvalue weighted by Crippen LogP contribution is -2.39. The molecule has 0 heterocycles. The first kappa shape index (κ1) is 13.7. The van der Waals surface area contributed by atoms with Gasteiger partial charge in [-0.15, -0.1) is 0 Å². The van der Waals surface area contributed by atoms with Crippen LogP contribution in [-0.4, -0.2) is 6.04 Å². The zero-order valence-corrected chi connectivity index (χ0v) is 12.5. The zero-order valence-electron chi connectivity index (χ0n) is 11.8. The number of hydrogen-bond acceptors (Lipinski definition) is 1. The van der Waals surface area contributed by atoms with E-state index in [0.717, 1.165) is 11.6 Å². The molecule has 20 heavy (non-hydrogen) atoms. The van der Waals surface area contributed by atoms with Gasteiger partial charge in [-0.05, 0) is 48.9 Å². The molecule has 0 unspecified atom stereocenters.